The van der Waals surface area contributed by atoms with Gasteiger partial charge in [-0.3, -0.25) is 9.88 Å². The molecule has 1 aliphatic heterocycles. The van der Waals surface area contributed by atoms with E-state index < -0.39 is 5.60 Å². The van der Waals surface area contributed by atoms with E-state index >= 15 is 0 Å². The van der Waals surface area contributed by atoms with E-state index in [1.807, 2.05) is 51.4 Å². The van der Waals surface area contributed by atoms with Crippen LogP contribution in [0.15, 0.2) is 48.8 Å². The first-order valence-electron chi connectivity index (χ1n) is 10.7. The SMILES string of the molecule is CC(C)(C)OC(=O)NCCc1ccc(OCC2CCN(Cc3cccnc3)C2)cc1. The first-order valence-corrected chi connectivity index (χ1v) is 10.7. The molecule has 1 saturated heterocycles. The summed E-state index contributed by atoms with van der Waals surface area (Å²) in [5.41, 5.74) is 1.94. The smallest absolute Gasteiger partial charge is 0.407 e. The number of nitrogens with one attached hydrogen (secondary N) is 1. The molecule has 0 bridgehead atoms. The third-order valence-corrected chi connectivity index (χ3v) is 4.99. The standard InChI is InChI=1S/C24H33N3O3/c1-24(2,3)30-23(28)26-13-10-19-6-8-22(9-7-19)29-18-21-11-14-27(17-21)16-20-5-4-12-25-15-20/h4-9,12,15,21H,10-11,13-14,16-18H2,1-3H3,(H,26,28). The largest absolute Gasteiger partial charge is 0.493 e. The lowest BCUT2D eigenvalue weighted by molar-refractivity contribution is 0.0528. The van der Waals surface area contributed by atoms with Gasteiger partial charge in [-0.25, -0.2) is 4.79 Å². The molecule has 30 heavy (non-hydrogen) atoms. The first-order chi connectivity index (χ1) is 14.4. The predicted molar refractivity (Wildman–Crippen MR) is 117 cm³/mol. The number of rotatable bonds is 8. The van der Waals surface area contributed by atoms with Crippen LogP contribution in [0.4, 0.5) is 4.79 Å². The van der Waals surface area contributed by atoms with Gasteiger partial charge in [0, 0.05) is 37.9 Å². The van der Waals surface area contributed by atoms with Gasteiger partial charge in [0.05, 0.1) is 6.61 Å². The van der Waals surface area contributed by atoms with Crippen molar-refractivity contribution in [2.75, 3.05) is 26.2 Å². The third kappa shape index (κ3) is 7.67. The van der Waals surface area contributed by atoms with Crippen LogP contribution in [0.25, 0.3) is 0 Å². The average molecular weight is 412 g/mol. The highest BCUT2D eigenvalue weighted by atomic mass is 16.6. The number of hydrogen-bond donors (Lipinski definition) is 1. The number of ether oxygens (including phenoxy) is 2. The molecule has 0 spiro atoms. The fourth-order valence-electron chi connectivity index (χ4n) is 3.53. The van der Waals surface area contributed by atoms with Crippen molar-refractivity contribution in [1.82, 2.24) is 15.2 Å². The molecular formula is C24H33N3O3. The Morgan fingerprint density at radius 1 is 1.20 bits per heavy atom. The Bertz CT molecular complexity index is 788. The number of benzene rings is 1. The second-order valence-corrected chi connectivity index (χ2v) is 8.88. The highest BCUT2D eigenvalue weighted by Crippen LogP contribution is 2.21. The molecule has 1 fully saturated rings. The van der Waals surface area contributed by atoms with E-state index in [1.54, 1.807) is 0 Å². The summed E-state index contributed by atoms with van der Waals surface area (Å²) < 4.78 is 11.3. The van der Waals surface area contributed by atoms with Crippen LogP contribution < -0.4 is 10.1 Å². The maximum Gasteiger partial charge on any atom is 0.407 e. The molecular weight excluding hydrogens is 378 g/mol. The first kappa shape index (κ1) is 22.1. The Balaban J connectivity index is 1.34. The summed E-state index contributed by atoms with van der Waals surface area (Å²) in [6, 6.07) is 12.2. The number of carbonyl (C=O) groups excluding carboxylic acids is 1. The van der Waals surface area contributed by atoms with E-state index in [2.05, 4.69) is 33.4 Å². The van der Waals surface area contributed by atoms with Crippen LogP contribution in [0.3, 0.4) is 0 Å². The number of hydrogen-bond acceptors (Lipinski definition) is 5. The van der Waals surface area contributed by atoms with Crippen molar-refractivity contribution in [3.63, 3.8) is 0 Å². The molecule has 1 aromatic carbocycles. The van der Waals surface area contributed by atoms with E-state index in [-0.39, 0.29) is 6.09 Å². The molecule has 162 valence electrons. The third-order valence-electron chi connectivity index (χ3n) is 4.99. The summed E-state index contributed by atoms with van der Waals surface area (Å²) in [5, 5.41) is 2.79. The number of nitrogens with zero attached hydrogens (tertiary/aromatic N) is 2. The van der Waals surface area contributed by atoms with Gasteiger partial charge in [-0.1, -0.05) is 18.2 Å². The molecule has 0 aliphatic carbocycles. The van der Waals surface area contributed by atoms with Crippen molar-refractivity contribution in [1.29, 1.82) is 0 Å². The normalized spacial score (nSPS) is 17.0. The van der Waals surface area contributed by atoms with Gasteiger partial charge >= 0.3 is 6.09 Å². The zero-order chi connectivity index (χ0) is 21.4. The van der Waals surface area contributed by atoms with Gasteiger partial charge in [0.1, 0.15) is 11.4 Å². The molecule has 1 atom stereocenters. The highest BCUT2D eigenvalue weighted by Gasteiger charge is 2.23. The van der Waals surface area contributed by atoms with Crippen LogP contribution in [-0.4, -0.2) is 47.8 Å². The monoisotopic (exact) mass is 411 g/mol. The van der Waals surface area contributed by atoms with Crippen LogP contribution in [0, 0.1) is 5.92 Å². The maximum absolute atomic E-state index is 11.7. The fraction of sp³-hybridized carbons (Fsp3) is 0.500. The molecule has 0 saturated carbocycles. The van der Waals surface area contributed by atoms with Crippen LogP contribution in [0.2, 0.25) is 0 Å². The molecule has 1 N–H and O–H groups in total. The van der Waals surface area contributed by atoms with Crippen LogP contribution in [0.5, 0.6) is 5.75 Å². The maximum atomic E-state index is 11.7. The average Bonchev–Trinajstić information content (AvgIpc) is 3.14. The lowest BCUT2D eigenvalue weighted by Crippen LogP contribution is -2.33. The van der Waals surface area contributed by atoms with Crippen LogP contribution in [-0.2, 0) is 17.7 Å². The Kier molecular flexibility index (Phi) is 7.69. The zero-order valence-electron chi connectivity index (χ0n) is 18.3. The number of pyridine rings is 1. The summed E-state index contributed by atoms with van der Waals surface area (Å²) in [6.07, 6.45) is 5.29. The molecule has 6 nitrogen and oxygen atoms in total. The molecule has 1 unspecified atom stereocenters. The van der Waals surface area contributed by atoms with E-state index in [0.29, 0.717) is 12.5 Å². The van der Waals surface area contributed by atoms with Gasteiger partial charge in [-0.05, 0) is 69.5 Å². The van der Waals surface area contributed by atoms with Gasteiger partial charge in [-0.15, -0.1) is 0 Å². The number of alkyl carbamates (subject to hydrolysis) is 1. The number of carbonyl (C=O) groups is 1. The number of amides is 1. The van der Waals surface area contributed by atoms with Crippen molar-refractivity contribution in [3.05, 3.63) is 59.9 Å². The van der Waals surface area contributed by atoms with Gasteiger partial charge in [0.25, 0.3) is 0 Å². The summed E-state index contributed by atoms with van der Waals surface area (Å²) in [5.74, 6) is 1.45. The molecule has 6 heteroatoms. The quantitative estimate of drug-likeness (QED) is 0.710. The van der Waals surface area contributed by atoms with E-state index in [9.17, 15) is 4.79 Å². The summed E-state index contributed by atoms with van der Waals surface area (Å²) in [6.45, 7) is 9.97. The number of likely N-dealkylation sites (tertiary alicyclic amines) is 1. The van der Waals surface area contributed by atoms with Crippen molar-refractivity contribution < 1.29 is 14.3 Å². The summed E-state index contributed by atoms with van der Waals surface area (Å²) in [7, 11) is 0. The van der Waals surface area contributed by atoms with E-state index in [1.165, 1.54) is 5.56 Å². The van der Waals surface area contributed by atoms with Crippen molar-refractivity contribution >= 4 is 6.09 Å². The summed E-state index contributed by atoms with van der Waals surface area (Å²) >= 11 is 0. The molecule has 2 heterocycles. The van der Waals surface area contributed by atoms with Crippen LogP contribution >= 0.6 is 0 Å². The second kappa shape index (κ2) is 10.4. The Morgan fingerprint density at radius 3 is 2.70 bits per heavy atom. The predicted octanol–water partition coefficient (Wildman–Crippen LogP) is 4.05. The Hall–Kier alpha value is -2.60. The minimum absolute atomic E-state index is 0.378. The van der Waals surface area contributed by atoms with Crippen molar-refractivity contribution in [3.8, 4) is 5.75 Å². The molecule has 1 amide bonds. The van der Waals surface area contributed by atoms with Crippen molar-refractivity contribution in [2.24, 2.45) is 5.92 Å². The fourth-order valence-corrected chi connectivity index (χ4v) is 3.53. The molecule has 3 rings (SSSR count). The lowest BCUT2D eigenvalue weighted by atomic mass is 10.1. The highest BCUT2D eigenvalue weighted by molar-refractivity contribution is 5.67. The van der Waals surface area contributed by atoms with Crippen LogP contribution in [0.1, 0.15) is 38.3 Å². The Morgan fingerprint density at radius 2 is 2.00 bits per heavy atom. The van der Waals surface area contributed by atoms with Gasteiger partial charge in [0.15, 0.2) is 0 Å². The molecule has 2 aromatic rings. The van der Waals surface area contributed by atoms with Crippen molar-refractivity contribution in [2.45, 2.75) is 45.8 Å². The lowest BCUT2D eigenvalue weighted by Gasteiger charge is -2.19. The molecule has 1 aliphatic rings. The minimum Gasteiger partial charge on any atom is -0.493 e. The number of aromatic nitrogens is 1. The second-order valence-electron chi connectivity index (χ2n) is 8.88. The minimum atomic E-state index is -0.474. The van der Waals surface area contributed by atoms with Gasteiger partial charge in [0.2, 0.25) is 0 Å². The topological polar surface area (TPSA) is 63.7 Å². The molecule has 1 aromatic heterocycles. The summed E-state index contributed by atoms with van der Waals surface area (Å²) in [4.78, 5) is 18.3. The van der Waals surface area contributed by atoms with E-state index in [0.717, 1.165) is 50.4 Å². The van der Waals surface area contributed by atoms with Gasteiger partial charge < -0.3 is 14.8 Å². The molecule has 0 radical (unpaired) electrons. The zero-order valence-corrected chi connectivity index (χ0v) is 18.3. The van der Waals surface area contributed by atoms with E-state index in [4.69, 9.17) is 9.47 Å². The Labute approximate surface area is 179 Å². The van der Waals surface area contributed by atoms with Gasteiger partial charge in [-0.2, -0.15) is 0 Å².